The molecule has 0 N–H and O–H groups in total. The van der Waals surface area contributed by atoms with Crippen LogP contribution in [0.25, 0.3) is 11.0 Å². The van der Waals surface area contributed by atoms with Gasteiger partial charge < -0.3 is 0 Å². The van der Waals surface area contributed by atoms with Crippen LogP contribution in [0.15, 0.2) is 30.6 Å². The average Bonchev–Trinajstić information content (AvgIpc) is 2.86. The summed E-state index contributed by atoms with van der Waals surface area (Å²) >= 11 is 0. The lowest BCUT2D eigenvalue weighted by molar-refractivity contribution is -0.692. The standard InChI is InChI=1S/C20H27N2/c1-14(2)21-13-22(19-6-4-3-5-18(19)21)20-10-15-7-16(11-20)9-17(8-15)12-20/h3-6,13-17H,7-12H2,1-2H3/q+1. The van der Waals surface area contributed by atoms with Gasteiger partial charge in [0.25, 0.3) is 0 Å². The van der Waals surface area contributed by atoms with Crippen molar-refractivity contribution in [2.45, 2.75) is 64.0 Å². The highest BCUT2D eigenvalue weighted by molar-refractivity contribution is 5.72. The number of para-hydroxylation sites is 2. The highest BCUT2D eigenvalue weighted by Crippen LogP contribution is 2.59. The van der Waals surface area contributed by atoms with Gasteiger partial charge in [0.2, 0.25) is 6.33 Å². The molecule has 4 saturated carbocycles. The van der Waals surface area contributed by atoms with Crippen molar-refractivity contribution >= 4 is 11.0 Å². The monoisotopic (exact) mass is 295 g/mol. The Balaban J connectivity index is 1.71. The first-order valence-electron chi connectivity index (χ1n) is 9.16. The molecule has 0 saturated heterocycles. The second-order valence-electron chi connectivity index (χ2n) is 8.62. The molecule has 0 amide bonds. The summed E-state index contributed by atoms with van der Waals surface area (Å²) in [6.45, 7) is 4.60. The molecular weight excluding hydrogens is 268 g/mol. The van der Waals surface area contributed by atoms with E-state index >= 15 is 0 Å². The molecule has 6 rings (SSSR count). The SMILES string of the molecule is CC(C)[n+]1cn(C23CC4CC(CC(C4)C2)C3)c2ccccc21. The van der Waals surface area contributed by atoms with Crippen molar-refractivity contribution in [1.29, 1.82) is 0 Å². The predicted molar refractivity (Wildman–Crippen MR) is 88.7 cm³/mol. The van der Waals surface area contributed by atoms with Crippen molar-refractivity contribution in [3.63, 3.8) is 0 Å². The van der Waals surface area contributed by atoms with Crippen LogP contribution in [-0.2, 0) is 5.54 Å². The van der Waals surface area contributed by atoms with Crippen molar-refractivity contribution in [2.24, 2.45) is 17.8 Å². The van der Waals surface area contributed by atoms with E-state index in [2.05, 4.69) is 53.6 Å². The number of imidazole rings is 1. The van der Waals surface area contributed by atoms with E-state index < -0.39 is 0 Å². The molecule has 0 unspecified atom stereocenters. The van der Waals surface area contributed by atoms with E-state index in [1.54, 1.807) is 0 Å². The Morgan fingerprint density at radius 3 is 2.18 bits per heavy atom. The minimum Gasteiger partial charge on any atom is -0.228 e. The molecule has 0 spiro atoms. The average molecular weight is 295 g/mol. The molecule has 0 aliphatic heterocycles. The van der Waals surface area contributed by atoms with Gasteiger partial charge in [0.1, 0.15) is 5.54 Å². The van der Waals surface area contributed by atoms with Gasteiger partial charge in [-0.3, -0.25) is 0 Å². The molecule has 4 bridgehead atoms. The van der Waals surface area contributed by atoms with E-state index in [1.165, 1.54) is 49.6 Å². The first-order valence-corrected chi connectivity index (χ1v) is 9.16. The molecule has 0 radical (unpaired) electrons. The summed E-state index contributed by atoms with van der Waals surface area (Å²) in [5, 5.41) is 0. The minimum atomic E-state index is 0.425. The number of hydrogen-bond acceptors (Lipinski definition) is 0. The summed E-state index contributed by atoms with van der Waals surface area (Å²) in [6.07, 6.45) is 11.3. The van der Waals surface area contributed by atoms with Gasteiger partial charge in [-0.1, -0.05) is 12.1 Å². The lowest BCUT2D eigenvalue weighted by atomic mass is 9.53. The lowest BCUT2D eigenvalue weighted by Crippen LogP contribution is -2.52. The first-order chi connectivity index (χ1) is 10.6. The van der Waals surface area contributed by atoms with Crippen LogP contribution in [0.2, 0.25) is 0 Å². The van der Waals surface area contributed by atoms with Crippen LogP contribution >= 0.6 is 0 Å². The molecule has 2 aromatic rings. The van der Waals surface area contributed by atoms with Crippen LogP contribution in [0.1, 0.15) is 58.4 Å². The smallest absolute Gasteiger partial charge is 0.228 e. The fraction of sp³-hybridized carbons (Fsp3) is 0.650. The van der Waals surface area contributed by atoms with Crippen molar-refractivity contribution in [1.82, 2.24) is 4.57 Å². The predicted octanol–water partition coefficient (Wildman–Crippen LogP) is 4.44. The Morgan fingerprint density at radius 2 is 1.59 bits per heavy atom. The Labute approximate surface area is 133 Å². The Bertz CT molecular complexity index is 689. The number of hydrogen-bond donors (Lipinski definition) is 0. The molecule has 4 aliphatic carbocycles. The molecule has 22 heavy (non-hydrogen) atoms. The third-order valence-corrected chi connectivity index (χ3v) is 6.73. The summed E-state index contributed by atoms with van der Waals surface area (Å²) in [5.41, 5.74) is 3.29. The van der Waals surface area contributed by atoms with Crippen molar-refractivity contribution in [3.8, 4) is 0 Å². The van der Waals surface area contributed by atoms with Crippen molar-refractivity contribution in [3.05, 3.63) is 30.6 Å². The summed E-state index contributed by atoms with van der Waals surface area (Å²) in [5.74, 6) is 3.00. The van der Waals surface area contributed by atoms with Crippen molar-refractivity contribution < 1.29 is 4.57 Å². The molecule has 1 heterocycles. The van der Waals surface area contributed by atoms with Crippen LogP contribution in [0.5, 0.6) is 0 Å². The van der Waals surface area contributed by atoms with Gasteiger partial charge in [0.05, 0.1) is 6.04 Å². The number of benzene rings is 1. The molecule has 1 aromatic carbocycles. The van der Waals surface area contributed by atoms with Gasteiger partial charge in [-0.2, -0.15) is 0 Å². The van der Waals surface area contributed by atoms with Gasteiger partial charge in [-0.25, -0.2) is 9.13 Å². The van der Waals surface area contributed by atoms with Crippen molar-refractivity contribution in [2.75, 3.05) is 0 Å². The number of fused-ring (bicyclic) bond motifs is 1. The van der Waals surface area contributed by atoms with Gasteiger partial charge >= 0.3 is 0 Å². The third kappa shape index (κ3) is 1.70. The van der Waals surface area contributed by atoms with E-state index in [1.807, 2.05) is 0 Å². The molecular formula is C20H27N2+. The van der Waals surface area contributed by atoms with Gasteiger partial charge in [-0.15, -0.1) is 0 Å². The van der Waals surface area contributed by atoms with E-state index in [9.17, 15) is 0 Å². The highest BCUT2D eigenvalue weighted by atomic mass is 15.2. The maximum Gasteiger partial charge on any atom is 0.245 e. The maximum atomic E-state index is 2.70. The summed E-state index contributed by atoms with van der Waals surface area (Å²) < 4.78 is 5.18. The van der Waals surface area contributed by atoms with E-state index in [-0.39, 0.29) is 0 Å². The zero-order valence-electron chi connectivity index (χ0n) is 13.8. The third-order valence-electron chi connectivity index (χ3n) is 6.73. The van der Waals surface area contributed by atoms with Gasteiger partial charge in [-0.05, 0) is 82.3 Å². The van der Waals surface area contributed by atoms with E-state index in [0.717, 1.165) is 17.8 Å². The molecule has 0 atom stereocenters. The number of aromatic nitrogens is 2. The molecule has 2 nitrogen and oxygen atoms in total. The Kier molecular flexibility index (Phi) is 2.61. The maximum absolute atomic E-state index is 2.70. The van der Waals surface area contributed by atoms with Crippen LogP contribution in [0.4, 0.5) is 0 Å². The quantitative estimate of drug-likeness (QED) is 0.725. The van der Waals surface area contributed by atoms with Crippen LogP contribution in [0.3, 0.4) is 0 Å². The topological polar surface area (TPSA) is 8.81 Å². The van der Waals surface area contributed by atoms with E-state index in [4.69, 9.17) is 0 Å². The first kappa shape index (κ1) is 13.2. The fourth-order valence-electron chi connectivity index (χ4n) is 6.28. The zero-order valence-corrected chi connectivity index (χ0v) is 13.8. The largest absolute Gasteiger partial charge is 0.245 e. The number of nitrogens with zero attached hydrogens (tertiary/aromatic N) is 2. The number of rotatable bonds is 2. The summed E-state index contributed by atoms with van der Waals surface area (Å²) in [6, 6.07) is 9.56. The normalized spacial score (nSPS) is 36.6. The zero-order chi connectivity index (χ0) is 14.9. The molecule has 2 heteroatoms. The molecule has 4 aliphatic rings. The lowest BCUT2D eigenvalue weighted by Gasteiger charge is -2.54. The fourth-order valence-corrected chi connectivity index (χ4v) is 6.28. The van der Waals surface area contributed by atoms with Crippen LogP contribution < -0.4 is 4.57 Å². The molecule has 116 valence electrons. The van der Waals surface area contributed by atoms with E-state index in [0.29, 0.717) is 11.6 Å². The summed E-state index contributed by atoms with van der Waals surface area (Å²) in [7, 11) is 0. The molecule has 1 aromatic heterocycles. The highest BCUT2D eigenvalue weighted by Gasteiger charge is 2.55. The van der Waals surface area contributed by atoms with Crippen LogP contribution in [0, 0.1) is 17.8 Å². The van der Waals surface area contributed by atoms with Crippen LogP contribution in [-0.4, -0.2) is 4.57 Å². The van der Waals surface area contributed by atoms with Gasteiger partial charge in [0, 0.05) is 0 Å². The second kappa shape index (κ2) is 4.37. The van der Waals surface area contributed by atoms with Gasteiger partial charge in [0.15, 0.2) is 11.0 Å². The Hall–Kier alpha value is -1.31. The second-order valence-corrected chi connectivity index (χ2v) is 8.62. The summed E-state index contributed by atoms with van der Waals surface area (Å²) in [4.78, 5) is 0. The minimum absolute atomic E-state index is 0.425. The Morgan fingerprint density at radius 1 is 1.00 bits per heavy atom. The molecule has 4 fully saturated rings.